The second kappa shape index (κ2) is 38.3. The highest BCUT2D eigenvalue weighted by molar-refractivity contribution is 6.43. The van der Waals surface area contributed by atoms with Gasteiger partial charge < -0.3 is 30.7 Å². The van der Waals surface area contributed by atoms with Crippen LogP contribution in [0.2, 0.25) is 0 Å². The maximum atomic E-state index is 15.2. The van der Waals surface area contributed by atoms with Gasteiger partial charge in [-0.25, -0.2) is 9.97 Å². The fourth-order valence-corrected chi connectivity index (χ4v) is 14.9. The smallest absolute Gasteiger partial charge is 0.261 e. The third kappa shape index (κ3) is 19.1. The van der Waals surface area contributed by atoms with Crippen LogP contribution in [0.15, 0.2) is 121 Å². The van der Waals surface area contributed by atoms with Gasteiger partial charge in [-0.3, -0.25) is 48.2 Å². The van der Waals surface area contributed by atoms with Crippen molar-refractivity contribution in [2.24, 2.45) is 0 Å². The Morgan fingerprint density at radius 2 is 0.623 bits per heavy atom. The Hall–Kier alpha value is -10.1. The summed E-state index contributed by atoms with van der Waals surface area (Å²) < 4.78 is 14.0. The first kappa shape index (κ1) is 77.0. The third-order valence-corrected chi connectivity index (χ3v) is 20.6. The normalized spacial score (nSPS) is 12.7. The number of carbonyl (C=O) groups is 8. The maximum Gasteiger partial charge on any atom is 0.261 e. The van der Waals surface area contributed by atoms with Gasteiger partial charge in [-0.15, -0.1) is 0 Å². The first-order valence-electron chi connectivity index (χ1n) is 39.5. The number of rotatable bonds is 44. The topological polar surface area (TPSA) is 235 Å². The summed E-state index contributed by atoms with van der Waals surface area (Å²) in [4.78, 5) is 126. The molecule has 0 atom stereocenters. The van der Waals surface area contributed by atoms with Gasteiger partial charge in [0.05, 0.1) is 11.1 Å². The Balaban J connectivity index is 0.904. The molecule has 11 rings (SSSR count). The van der Waals surface area contributed by atoms with Crippen LogP contribution in [-0.2, 0) is 9.59 Å². The van der Waals surface area contributed by atoms with Gasteiger partial charge in [0, 0.05) is 80.5 Å². The molecule has 0 spiro atoms. The zero-order valence-electron chi connectivity index (χ0n) is 62.5. The van der Waals surface area contributed by atoms with E-state index < -0.39 is 35.4 Å². The number of unbranched alkanes of at least 4 members (excludes halogenated alkanes) is 26. The lowest BCUT2D eigenvalue weighted by molar-refractivity contribution is -0.117. The predicted octanol–water partition coefficient (Wildman–Crippen LogP) is 22.2. The van der Waals surface area contributed by atoms with Crippen molar-refractivity contribution in [2.75, 3.05) is 34.4 Å². The van der Waals surface area contributed by atoms with Gasteiger partial charge in [0.25, 0.3) is 35.4 Å². The monoisotopic (exact) mass is 1430 g/mol. The molecule has 9 aromatic rings. The summed E-state index contributed by atoms with van der Waals surface area (Å²) in [5, 5.41) is 15.5. The summed E-state index contributed by atoms with van der Waals surface area (Å²) in [6.07, 6.45) is 32.8. The van der Waals surface area contributed by atoms with Crippen molar-refractivity contribution in [3.63, 3.8) is 0 Å². The van der Waals surface area contributed by atoms with E-state index in [1.54, 1.807) is 109 Å². The molecule has 0 saturated carbocycles. The van der Waals surface area contributed by atoms with Crippen molar-refractivity contribution >= 4 is 114 Å². The molecule has 0 radical (unpaired) electrons. The molecule has 2 aliphatic rings. The second-order valence-corrected chi connectivity index (χ2v) is 28.7. The van der Waals surface area contributed by atoms with Crippen LogP contribution < -0.4 is 30.7 Å². The second-order valence-electron chi connectivity index (χ2n) is 28.7. The standard InChI is InChI=1S/C88H104N8O10/c1-5-9-13-17-21-23-25-27-31-41-75(97)91-71-37-35-39-73(89-71)93-83(99)59-43-47-61(48-44-59)105-69-57-67-77-65(85(101)95(87(67)103)55-33-29-19-15-11-7-3)54-52-64-80-70(58-68-78-66(53-51-63(82(78)80)79(69)81(64)77)86(102)96(88(68)104)56-34-30-20-16-12-8-4)106-62-49-45-60(46-50-62)84(100)94-74-40-36-38-72(90-74)92-76(98)42-32-28-26-24-22-18-14-10-6-2/h35-40,43-54,57-58H,5-34,41-42,55-56H2,1-4H3,(H2,89,91,93,97,99)(H2,90,92,94,98,100). The molecule has 556 valence electrons. The highest BCUT2D eigenvalue weighted by atomic mass is 16.5. The van der Waals surface area contributed by atoms with Crippen molar-refractivity contribution in [3.8, 4) is 23.0 Å². The predicted molar refractivity (Wildman–Crippen MR) is 423 cm³/mol. The molecule has 18 heteroatoms. The van der Waals surface area contributed by atoms with Crippen LogP contribution in [0.1, 0.15) is 295 Å². The summed E-state index contributed by atoms with van der Waals surface area (Å²) in [5.41, 5.74) is 1.73. The molecule has 2 aliphatic heterocycles. The minimum Gasteiger partial charge on any atom is -0.457 e. The summed E-state index contributed by atoms with van der Waals surface area (Å²) in [5.74, 6) is -0.702. The number of imide groups is 2. The number of benzene rings is 7. The molecule has 0 unspecified atom stereocenters. The molecule has 7 aromatic carbocycles. The van der Waals surface area contributed by atoms with E-state index >= 15 is 9.59 Å². The Morgan fingerprint density at radius 3 is 0.962 bits per heavy atom. The molecule has 106 heavy (non-hydrogen) atoms. The zero-order valence-corrected chi connectivity index (χ0v) is 62.5. The molecule has 8 amide bonds. The van der Waals surface area contributed by atoms with E-state index in [-0.39, 0.29) is 70.3 Å². The molecule has 2 aromatic heterocycles. The van der Waals surface area contributed by atoms with E-state index in [0.717, 1.165) is 103 Å². The molecule has 4 heterocycles. The number of ether oxygens (including phenoxy) is 2. The van der Waals surface area contributed by atoms with E-state index in [1.807, 2.05) is 12.1 Å². The lowest BCUT2D eigenvalue weighted by atomic mass is 9.81. The molecule has 18 nitrogen and oxygen atoms in total. The average molecular weight is 1430 g/mol. The Labute approximate surface area is 623 Å². The Bertz CT molecular complexity index is 4300. The zero-order chi connectivity index (χ0) is 74.3. The van der Waals surface area contributed by atoms with Crippen LogP contribution in [0, 0.1) is 0 Å². The fraction of sp³-hybridized carbons (Fsp3) is 0.432. The van der Waals surface area contributed by atoms with Crippen LogP contribution in [0.3, 0.4) is 0 Å². The van der Waals surface area contributed by atoms with Crippen LogP contribution in [0.4, 0.5) is 23.3 Å². The lowest BCUT2D eigenvalue weighted by Crippen LogP contribution is -2.41. The molecule has 0 fully saturated rings. The van der Waals surface area contributed by atoms with Crippen molar-refractivity contribution in [2.45, 2.75) is 233 Å². The van der Waals surface area contributed by atoms with Crippen molar-refractivity contribution in [1.82, 2.24) is 19.8 Å². The summed E-state index contributed by atoms with van der Waals surface area (Å²) >= 11 is 0. The number of nitrogens with zero attached hydrogens (tertiary/aromatic N) is 4. The molecular formula is C88H104N8O10. The van der Waals surface area contributed by atoms with Gasteiger partial charge in [-0.2, -0.15) is 0 Å². The van der Waals surface area contributed by atoms with Crippen LogP contribution in [0.25, 0.3) is 43.1 Å². The number of pyridine rings is 2. The van der Waals surface area contributed by atoms with Gasteiger partial charge in [0.2, 0.25) is 11.8 Å². The number of hydrogen-bond acceptors (Lipinski definition) is 12. The maximum absolute atomic E-state index is 15.2. The number of fused-ring (bicyclic) bond motifs is 2. The minimum absolute atomic E-state index is 0.137. The largest absolute Gasteiger partial charge is 0.457 e. The number of nitrogens with one attached hydrogen (secondary N) is 4. The lowest BCUT2D eigenvalue weighted by Gasteiger charge is -2.31. The first-order chi connectivity index (χ1) is 51.8. The Morgan fingerprint density at radius 1 is 0.321 bits per heavy atom. The summed E-state index contributed by atoms with van der Waals surface area (Å²) in [7, 11) is 0. The number of aromatic nitrogens is 2. The van der Waals surface area contributed by atoms with Gasteiger partial charge in [-0.05, 0) is 134 Å². The van der Waals surface area contributed by atoms with Crippen LogP contribution >= 0.6 is 0 Å². The van der Waals surface area contributed by atoms with E-state index in [0.29, 0.717) is 103 Å². The minimum atomic E-state index is -0.476. The van der Waals surface area contributed by atoms with Crippen LogP contribution in [0.5, 0.6) is 23.0 Å². The van der Waals surface area contributed by atoms with Crippen molar-refractivity contribution in [3.05, 3.63) is 155 Å². The number of carbonyl (C=O) groups excluding carboxylic acids is 8. The van der Waals surface area contributed by atoms with Crippen molar-refractivity contribution < 1.29 is 47.8 Å². The van der Waals surface area contributed by atoms with Gasteiger partial charge in [-0.1, -0.05) is 219 Å². The van der Waals surface area contributed by atoms with E-state index in [1.165, 1.54) is 86.8 Å². The van der Waals surface area contributed by atoms with Gasteiger partial charge in [0.1, 0.15) is 46.3 Å². The number of hydrogen-bond donors (Lipinski definition) is 4. The SMILES string of the molecule is CCCCCCCCCCCC(=O)Nc1cccc(NC(=O)c2ccc(Oc3cc4c5c(ccc6c7c(Oc8ccc(C(=O)Nc9cccc(NC(=O)CCCCCCCCCCC)n9)cc8)cc8c9c(ccc(c3c56)c97)C(=O)N(CCCCCCCC)C8=O)C(=O)N(CCCCCCCC)C4=O)cc2)n1. The quantitative estimate of drug-likeness (QED) is 0.0121. The van der Waals surface area contributed by atoms with Gasteiger partial charge >= 0.3 is 0 Å². The summed E-state index contributed by atoms with van der Waals surface area (Å²) in [6.45, 7) is 9.19. The average Bonchev–Trinajstić information content (AvgIpc) is 0.680. The summed E-state index contributed by atoms with van der Waals surface area (Å²) in [6, 6.07) is 33.7. The first-order valence-corrected chi connectivity index (χ1v) is 39.5. The molecule has 0 aliphatic carbocycles. The Kier molecular flexibility index (Phi) is 27.8. The highest BCUT2D eigenvalue weighted by Crippen LogP contribution is 2.53. The fourth-order valence-electron chi connectivity index (χ4n) is 14.9. The van der Waals surface area contributed by atoms with Crippen molar-refractivity contribution in [1.29, 1.82) is 0 Å². The molecule has 4 N–H and O–H groups in total. The van der Waals surface area contributed by atoms with E-state index in [4.69, 9.17) is 9.47 Å². The highest BCUT2D eigenvalue weighted by Gasteiger charge is 2.39. The van der Waals surface area contributed by atoms with E-state index in [9.17, 15) is 28.8 Å². The van der Waals surface area contributed by atoms with E-state index in [2.05, 4.69) is 58.9 Å². The van der Waals surface area contributed by atoms with Gasteiger partial charge in [0.15, 0.2) is 0 Å². The number of anilines is 4. The molecule has 0 bridgehead atoms. The third-order valence-electron chi connectivity index (χ3n) is 20.6. The molecule has 0 saturated heterocycles. The number of amides is 8. The molecular weight excluding hydrogens is 1330 g/mol. The van der Waals surface area contributed by atoms with Crippen LogP contribution in [-0.4, -0.2) is 80.1 Å².